The minimum atomic E-state index is -4.20. The number of carbonyl (C=O) groups excluding carboxylic acids is 3. The van der Waals surface area contributed by atoms with Crippen molar-refractivity contribution in [1.29, 1.82) is 0 Å². The fraction of sp³-hybridized carbons (Fsp3) is 0.595. The van der Waals surface area contributed by atoms with E-state index >= 15 is 0 Å². The summed E-state index contributed by atoms with van der Waals surface area (Å²) in [5, 5.41) is 12.5. The van der Waals surface area contributed by atoms with E-state index in [-0.39, 0.29) is 126 Å². The van der Waals surface area contributed by atoms with Crippen molar-refractivity contribution in [2.75, 3.05) is 38.8 Å². The Morgan fingerprint density at radius 3 is 2.19 bits per heavy atom. The first kappa shape index (κ1) is 50.0. The Kier molecular flexibility index (Phi) is 17.9. The molecule has 1 N–H and O–H groups in total. The van der Waals surface area contributed by atoms with Gasteiger partial charge in [-0.2, -0.15) is 54.0 Å². The van der Waals surface area contributed by atoms with Crippen LogP contribution in [0.1, 0.15) is 92.1 Å². The Morgan fingerprint density at radius 1 is 0.942 bits per heavy atom. The van der Waals surface area contributed by atoms with E-state index < -0.39 is 30.5 Å². The number of rotatable bonds is 4. The van der Waals surface area contributed by atoms with Crippen LogP contribution in [0.25, 0.3) is 0 Å². The van der Waals surface area contributed by atoms with Gasteiger partial charge >= 0.3 is 13.5 Å². The molecular weight excluding hydrogens is 758 g/mol. The van der Waals surface area contributed by atoms with E-state index in [4.69, 9.17) is 9.57 Å². The van der Waals surface area contributed by atoms with Crippen molar-refractivity contribution < 1.29 is 33.6 Å². The number of hydroxylamine groups is 1. The molecule has 4 aliphatic carbocycles. The lowest BCUT2D eigenvalue weighted by Crippen LogP contribution is -2.51. The molecule has 0 spiro atoms. The first-order valence-electron chi connectivity index (χ1n) is 16.0. The van der Waals surface area contributed by atoms with E-state index in [0.29, 0.717) is 19.3 Å². The van der Waals surface area contributed by atoms with Crippen molar-refractivity contribution in [1.82, 2.24) is 9.50 Å². The van der Waals surface area contributed by atoms with Crippen LogP contribution in [-0.4, -0.2) is 71.8 Å². The summed E-state index contributed by atoms with van der Waals surface area (Å²) < 4.78 is 20.5. The number of anilines is 1. The molecule has 4 fully saturated rings. The highest BCUT2D eigenvalue weighted by atomic mass is 32.1. The first-order chi connectivity index (χ1) is 21.4. The molecule has 1 aromatic carbocycles. The third kappa shape index (κ3) is 8.02. The number of ether oxygens (including phenoxy) is 1. The minimum absolute atomic E-state index is 0. The molecule has 0 bridgehead atoms. The summed E-state index contributed by atoms with van der Waals surface area (Å²) in [4.78, 5) is 45.9. The number of nitrogens with zero attached hydrogens (tertiary/aromatic N) is 3. The Bertz CT molecular complexity index is 1630. The molecule has 294 valence electrons. The molecule has 2 saturated carbocycles. The molecule has 2 amide bonds. The maximum absolute atomic E-state index is 14.5. The summed E-state index contributed by atoms with van der Waals surface area (Å²) in [6.07, 6.45) is 5.80. The Hall–Kier alpha value is -1.98. The van der Waals surface area contributed by atoms with Crippen LogP contribution in [0.2, 0.25) is 0 Å². The average Bonchev–Trinajstić information content (AvgIpc) is 3.73. The molecule has 15 heteroatoms. The number of cyclic esters (lactones) is 1. The van der Waals surface area contributed by atoms with Gasteiger partial charge in [-0.1, -0.05) is 52.8 Å². The molecule has 10 nitrogen and oxygen atoms in total. The molecular formula is C37H60N3O7PS4. The van der Waals surface area contributed by atoms with E-state index in [1.165, 1.54) is 11.1 Å². The predicted molar refractivity (Wildman–Crippen MR) is 229 cm³/mol. The number of ketones is 1. The Balaban J connectivity index is 0.00000372. The first-order valence-corrected chi connectivity index (χ1v) is 17.6. The van der Waals surface area contributed by atoms with Crippen molar-refractivity contribution in [3.8, 4) is 11.6 Å². The third-order valence-corrected chi connectivity index (χ3v) is 13.4. The van der Waals surface area contributed by atoms with Gasteiger partial charge in [0.15, 0.2) is 5.78 Å². The van der Waals surface area contributed by atoms with E-state index in [1.807, 2.05) is 20.2 Å². The van der Waals surface area contributed by atoms with E-state index in [9.17, 15) is 24.1 Å². The third-order valence-electron chi connectivity index (χ3n) is 11.2. The summed E-state index contributed by atoms with van der Waals surface area (Å²) in [5.74, 6) is 3.05. The smallest absolute Gasteiger partial charge is 0.417 e. The number of hydrogen-bond acceptors (Lipinski definition) is 8. The van der Waals surface area contributed by atoms with Gasteiger partial charge in [-0.3, -0.25) is 19.0 Å². The number of amides is 2. The van der Waals surface area contributed by atoms with Gasteiger partial charge in [0, 0.05) is 43.2 Å². The fourth-order valence-electron chi connectivity index (χ4n) is 8.79. The summed E-state index contributed by atoms with van der Waals surface area (Å²) in [5.41, 5.74) is 6.73. The molecule has 7 rings (SSSR count). The summed E-state index contributed by atoms with van der Waals surface area (Å²) in [6, 6.07) is 8.58. The molecule has 2 saturated heterocycles. The normalized spacial score (nSPS) is 29.3. The molecule has 1 aromatic rings. The van der Waals surface area contributed by atoms with Crippen molar-refractivity contribution in [2.45, 2.75) is 92.1 Å². The lowest BCUT2D eigenvalue weighted by atomic mass is 9.51. The van der Waals surface area contributed by atoms with Crippen LogP contribution in [0.5, 0.6) is 0 Å². The second kappa shape index (κ2) is 18.6. The summed E-state index contributed by atoms with van der Waals surface area (Å²) in [6.45, 7) is 2.20. The van der Waals surface area contributed by atoms with E-state index in [2.05, 4.69) is 47.7 Å². The molecule has 52 heavy (non-hydrogen) atoms. The van der Waals surface area contributed by atoms with Gasteiger partial charge in [0.2, 0.25) is 0 Å². The zero-order valence-electron chi connectivity index (χ0n) is 28.1. The number of aliphatic hydroxyl groups is 1. The van der Waals surface area contributed by atoms with Crippen LogP contribution in [-0.2, 0) is 23.7 Å². The van der Waals surface area contributed by atoms with Crippen LogP contribution in [0, 0.1) is 28.8 Å². The quantitative estimate of drug-likeness (QED) is 0.245. The second-order valence-electron chi connectivity index (χ2n) is 13.6. The van der Waals surface area contributed by atoms with Gasteiger partial charge in [-0.05, 0) is 85.3 Å². The lowest BCUT2D eigenvalue weighted by molar-refractivity contribution is -0.141. The summed E-state index contributed by atoms with van der Waals surface area (Å²) >= 11 is 0. The number of carbonyl (C=O) groups is 3. The fourth-order valence-corrected chi connectivity index (χ4v) is 10.8. The van der Waals surface area contributed by atoms with Gasteiger partial charge in [0.05, 0.1) is 19.6 Å². The predicted octanol–water partition coefficient (Wildman–Crippen LogP) is 7.51. The molecule has 6 atom stereocenters. The number of benzene rings is 1. The van der Waals surface area contributed by atoms with Gasteiger partial charge in [0.1, 0.15) is 12.2 Å². The van der Waals surface area contributed by atoms with Crippen LogP contribution in [0.4, 0.5) is 10.5 Å². The molecule has 2 aliphatic heterocycles. The minimum Gasteiger partial charge on any atom is -0.447 e. The van der Waals surface area contributed by atoms with Crippen molar-refractivity contribution >= 4 is 84.9 Å². The molecule has 1 unspecified atom stereocenters. The van der Waals surface area contributed by atoms with Crippen molar-refractivity contribution in [3.63, 3.8) is 0 Å². The highest BCUT2D eigenvalue weighted by Gasteiger charge is 2.63. The van der Waals surface area contributed by atoms with Gasteiger partial charge < -0.3 is 14.7 Å². The van der Waals surface area contributed by atoms with Gasteiger partial charge in [-0.25, -0.2) is 9.46 Å². The van der Waals surface area contributed by atoms with Crippen LogP contribution in [0.15, 0.2) is 47.1 Å². The van der Waals surface area contributed by atoms with Crippen LogP contribution >= 0.6 is 61.4 Å². The monoisotopic (exact) mass is 817 g/mol. The SMILES string of the molecule is C.C.C.CN(C)c1ccc([C@H]2C[C@@]3(C)[C@@H](CC[C@@]3(O)C#CP(=O)(N3CCOC3=O)N3OCCC3=O)[C@@H]3CCC4=CC(=O)CCC4=C32)cc1.S.S.S.S. The summed E-state index contributed by atoms with van der Waals surface area (Å²) in [7, 11) is -0.172. The van der Waals surface area contributed by atoms with E-state index in [1.54, 1.807) is 0 Å². The second-order valence-corrected chi connectivity index (χ2v) is 15.8. The number of allylic oxidation sites excluding steroid dienone is 4. The standard InChI is InChI=1S/C34H40N3O7P.3CH4.4H2S/c1-33-21-28(22-4-7-24(8-5-22)35(2)3)31-26-11-9-25(38)20-23(26)6-10-27(31)29(33)12-14-34(33,41)15-19-45(42,36-16-18-43-32(36)40)37-30(39)13-17-44-37;;;;;;;/h4-5,7-8,20,27-29,41H,6,9-14,16-18,21H2,1-3H3;3*1H4;4*1H2/t27-,28+,29-,33-,34+,45?;;;;;;;/m0......./s1. The zero-order chi connectivity index (χ0) is 31.7. The van der Waals surface area contributed by atoms with Crippen molar-refractivity contribution in [2.24, 2.45) is 17.3 Å². The lowest BCUT2D eigenvalue weighted by Gasteiger charge is -2.53. The molecule has 2 heterocycles. The van der Waals surface area contributed by atoms with Crippen LogP contribution in [0.3, 0.4) is 0 Å². The molecule has 6 aliphatic rings. The average molecular weight is 818 g/mol. The largest absolute Gasteiger partial charge is 0.447 e. The zero-order valence-corrected chi connectivity index (χ0v) is 33.0. The molecule has 0 aromatic heterocycles. The van der Waals surface area contributed by atoms with Gasteiger partial charge in [-0.15, -0.1) is 4.83 Å². The van der Waals surface area contributed by atoms with Crippen molar-refractivity contribution in [3.05, 3.63) is 52.6 Å². The number of fused-ring (bicyclic) bond motifs is 4. The van der Waals surface area contributed by atoms with Crippen LogP contribution < -0.4 is 4.90 Å². The Labute approximate surface area is 338 Å². The maximum atomic E-state index is 14.5. The van der Waals surface area contributed by atoms with Gasteiger partial charge in [0.25, 0.3) is 5.91 Å². The highest BCUT2D eigenvalue weighted by molar-refractivity contribution is 7.65. The topological polar surface area (TPSA) is 117 Å². The van der Waals surface area contributed by atoms with E-state index in [0.717, 1.165) is 52.0 Å². The number of hydrogen-bond donors (Lipinski definition) is 1. The highest BCUT2D eigenvalue weighted by Crippen LogP contribution is 2.67. The maximum Gasteiger partial charge on any atom is 0.417 e. The Morgan fingerprint density at radius 2 is 1.62 bits per heavy atom. The molecule has 0 radical (unpaired) electrons.